The molecular formula is C9H12FNO. The van der Waals surface area contributed by atoms with Gasteiger partial charge in [0.15, 0.2) is 0 Å². The number of ether oxygens (including phenoxy) is 1. The van der Waals surface area contributed by atoms with Gasteiger partial charge in [-0.1, -0.05) is 13.3 Å². The highest BCUT2D eigenvalue weighted by Crippen LogP contribution is 2.08. The Morgan fingerprint density at radius 2 is 2.33 bits per heavy atom. The van der Waals surface area contributed by atoms with E-state index in [1.807, 2.05) is 0 Å². The average molecular weight is 169 g/mol. The maximum atomic E-state index is 12.3. The molecule has 0 bridgehead atoms. The highest BCUT2D eigenvalue weighted by Gasteiger charge is 1.93. The van der Waals surface area contributed by atoms with Crippen LogP contribution >= 0.6 is 0 Å². The van der Waals surface area contributed by atoms with Crippen molar-refractivity contribution in [2.75, 3.05) is 6.61 Å². The normalized spacial score (nSPS) is 9.83. The van der Waals surface area contributed by atoms with Crippen LogP contribution in [-0.4, -0.2) is 11.6 Å². The summed E-state index contributed by atoms with van der Waals surface area (Å²) in [5, 5.41) is 0. The summed E-state index contributed by atoms with van der Waals surface area (Å²) in [6.07, 6.45) is 3.50. The molecule has 0 radical (unpaired) electrons. The third-order valence-corrected chi connectivity index (χ3v) is 1.47. The Balaban J connectivity index is 2.37. The Morgan fingerprint density at radius 1 is 1.50 bits per heavy atom. The summed E-state index contributed by atoms with van der Waals surface area (Å²) in [7, 11) is 0. The molecule has 0 aliphatic carbocycles. The number of halogens is 1. The Kier molecular flexibility index (Phi) is 3.51. The van der Waals surface area contributed by atoms with Crippen molar-refractivity contribution in [3.05, 3.63) is 24.3 Å². The lowest BCUT2D eigenvalue weighted by molar-refractivity contribution is 0.307. The molecule has 0 saturated heterocycles. The molecule has 1 aromatic rings. The summed E-state index contributed by atoms with van der Waals surface area (Å²) in [6, 6.07) is 2.87. The molecule has 0 fully saturated rings. The first-order valence-electron chi connectivity index (χ1n) is 4.07. The second-order valence-corrected chi connectivity index (χ2v) is 2.52. The third kappa shape index (κ3) is 2.86. The van der Waals surface area contributed by atoms with Gasteiger partial charge in [0.05, 0.1) is 12.8 Å². The van der Waals surface area contributed by atoms with Gasteiger partial charge in [0.25, 0.3) is 0 Å². The van der Waals surface area contributed by atoms with Gasteiger partial charge >= 0.3 is 0 Å². The molecule has 0 spiro atoms. The van der Waals surface area contributed by atoms with Crippen LogP contribution in [0.2, 0.25) is 0 Å². The lowest BCUT2D eigenvalue weighted by atomic mass is 10.4. The quantitative estimate of drug-likeness (QED) is 0.510. The summed E-state index contributed by atoms with van der Waals surface area (Å²) in [5.74, 6) is 0.155. The predicted octanol–water partition coefficient (Wildman–Crippen LogP) is 2.40. The zero-order chi connectivity index (χ0) is 8.81. The molecule has 1 heterocycles. The first-order valence-corrected chi connectivity index (χ1v) is 4.07. The summed E-state index contributed by atoms with van der Waals surface area (Å²) in [6.45, 7) is 2.76. The highest BCUT2D eigenvalue weighted by molar-refractivity contribution is 5.15. The van der Waals surface area contributed by atoms with E-state index in [1.165, 1.54) is 12.3 Å². The second kappa shape index (κ2) is 4.70. The highest BCUT2D eigenvalue weighted by atomic mass is 19.1. The first kappa shape index (κ1) is 8.97. The molecule has 0 aliphatic heterocycles. The molecule has 66 valence electrons. The van der Waals surface area contributed by atoms with Crippen molar-refractivity contribution in [1.29, 1.82) is 0 Å². The van der Waals surface area contributed by atoms with E-state index in [0.717, 1.165) is 12.8 Å². The monoisotopic (exact) mass is 169 g/mol. The molecule has 1 rings (SSSR count). The van der Waals surface area contributed by atoms with E-state index in [9.17, 15) is 4.39 Å². The summed E-state index contributed by atoms with van der Waals surface area (Å²) in [4.78, 5) is 3.47. The minimum atomic E-state index is -0.474. The van der Waals surface area contributed by atoms with Gasteiger partial charge in [-0.3, -0.25) is 0 Å². The van der Waals surface area contributed by atoms with Crippen LogP contribution in [0, 0.1) is 5.95 Å². The number of hydrogen-bond donors (Lipinski definition) is 0. The van der Waals surface area contributed by atoms with Crippen molar-refractivity contribution < 1.29 is 9.13 Å². The van der Waals surface area contributed by atoms with Crippen LogP contribution in [-0.2, 0) is 0 Å². The van der Waals surface area contributed by atoms with Gasteiger partial charge in [-0.2, -0.15) is 4.39 Å². The van der Waals surface area contributed by atoms with Gasteiger partial charge in [-0.05, 0) is 18.6 Å². The van der Waals surface area contributed by atoms with Gasteiger partial charge in [0, 0.05) is 0 Å². The molecule has 0 amide bonds. The molecule has 0 saturated carbocycles. The van der Waals surface area contributed by atoms with Crippen LogP contribution in [0.15, 0.2) is 18.3 Å². The van der Waals surface area contributed by atoms with Crippen molar-refractivity contribution in [3.8, 4) is 5.75 Å². The predicted molar refractivity (Wildman–Crippen MR) is 44.6 cm³/mol. The van der Waals surface area contributed by atoms with Crippen molar-refractivity contribution >= 4 is 0 Å². The smallest absolute Gasteiger partial charge is 0.213 e. The molecule has 0 N–H and O–H groups in total. The topological polar surface area (TPSA) is 22.1 Å². The molecule has 2 nitrogen and oxygen atoms in total. The maximum Gasteiger partial charge on any atom is 0.213 e. The third-order valence-electron chi connectivity index (χ3n) is 1.47. The summed E-state index contributed by atoms with van der Waals surface area (Å²) < 4.78 is 17.6. The van der Waals surface area contributed by atoms with Gasteiger partial charge in [0.1, 0.15) is 5.75 Å². The zero-order valence-electron chi connectivity index (χ0n) is 7.09. The molecule has 3 heteroatoms. The standard InChI is InChI=1S/C9H12FNO/c1-2-3-6-12-8-4-5-9(10)11-7-8/h4-5,7H,2-3,6H2,1H3. The fraction of sp³-hybridized carbons (Fsp3) is 0.444. The summed E-state index contributed by atoms with van der Waals surface area (Å²) in [5.41, 5.74) is 0. The second-order valence-electron chi connectivity index (χ2n) is 2.52. The number of aromatic nitrogens is 1. The van der Waals surface area contributed by atoms with E-state index in [-0.39, 0.29) is 0 Å². The number of pyridine rings is 1. The maximum absolute atomic E-state index is 12.3. The van der Waals surface area contributed by atoms with Crippen LogP contribution < -0.4 is 4.74 Å². The molecule has 1 aromatic heterocycles. The molecule has 0 unspecified atom stereocenters. The molecular weight excluding hydrogens is 157 g/mol. The Bertz CT molecular complexity index is 222. The van der Waals surface area contributed by atoms with Crippen molar-refractivity contribution in [2.24, 2.45) is 0 Å². The van der Waals surface area contributed by atoms with E-state index >= 15 is 0 Å². The minimum absolute atomic E-state index is 0.474. The van der Waals surface area contributed by atoms with E-state index in [2.05, 4.69) is 11.9 Å². The van der Waals surface area contributed by atoms with Crippen LogP contribution in [0.5, 0.6) is 5.75 Å². The van der Waals surface area contributed by atoms with Gasteiger partial charge in [-0.25, -0.2) is 4.98 Å². The average Bonchev–Trinajstić information content (AvgIpc) is 2.09. The molecule has 0 aromatic carbocycles. The van der Waals surface area contributed by atoms with Crippen molar-refractivity contribution in [1.82, 2.24) is 4.98 Å². The van der Waals surface area contributed by atoms with Crippen molar-refractivity contribution in [3.63, 3.8) is 0 Å². The fourth-order valence-corrected chi connectivity index (χ4v) is 0.782. The Hall–Kier alpha value is -1.12. The number of unbranched alkanes of at least 4 members (excludes halogenated alkanes) is 1. The van der Waals surface area contributed by atoms with Crippen molar-refractivity contribution in [2.45, 2.75) is 19.8 Å². The van der Waals surface area contributed by atoms with Crippen LogP contribution in [0.1, 0.15) is 19.8 Å². The molecule has 0 atom stereocenters. The number of nitrogens with zero attached hydrogens (tertiary/aromatic N) is 1. The summed E-state index contributed by atoms with van der Waals surface area (Å²) >= 11 is 0. The fourth-order valence-electron chi connectivity index (χ4n) is 0.782. The number of rotatable bonds is 4. The largest absolute Gasteiger partial charge is 0.492 e. The van der Waals surface area contributed by atoms with Gasteiger partial charge in [0.2, 0.25) is 5.95 Å². The zero-order valence-corrected chi connectivity index (χ0v) is 7.09. The van der Waals surface area contributed by atoms with Crippen LogP contribution in [0.4, 0.5) is 4.39 Å². The van der Waals surface area contributed by atoms with E-state index in [0.29, 0.717) is 12.4 Å². The van der Waals surface area contributed by atoms with E-state index < -0.39 is 5.95 Å². The van der Waals surface area contributed by atoms with Crippen LogP contribution in [0.3, 0.4) is 0 Å². The SMILES string of the molecule is CCCCOc1ccc(F)nc1. The van der Waals surface area contributed by atoms with Crippen LogP contribution in [0.25, 0.3) is 0 Å². The Labute approximate surface area is 71.4 Å². The van der Waals surface area contributed by atoms with E-state index in [1.54, 1.807) is 6.07 Å². The first-order chi connectivity index (χ1) is 5.83. The molecule has 0 aliphatic rings. The number of hydrogen-bond acceptors (Lipinski definition) is 2. The van der Waals surface area contributed by atoms with Gasteiger partial charge in [-0.15, -0.1) is 0 Å². The molecule has 12 heavy (non-hydrogen) atoms. The minimum Gasteiger partial charge on any atom is -0.492 e. The lowest BCUT2D eigenvalue weighted by Crippen LogP contribution is -1.96. The van der Waals surface area contributed by atoms with E-state index in [4.69, 9.17) is 4.74 Å². The van der Waals surface area contributed by atoms with Gasteiger partial charge < -0.3 is 4.74 Å². The lowest BCUT2D eigenvalue weighted by Gasteiger charge is -2.03. The Morgan fingerprint density at radius 3 is 2.92 bits per heavy atom.